The fourth-order valence-electron chi connectivity index (χ4n) is 1.69. The Balaban J connectivity index is 2.87. The van der Waals surface area contributed by atoms with Crippen molar-refractivity contribution in [3.63, 3.8) is 0 Å². The number of fused-ring (bicyclic) bond motifs is 1. The molecule has 0 fully saturated rings. The van der Waals surface area contributed by atoms with E-state index < -0.39 is 0 Å². The third kappa shape index (κ3) is 1.08. The lowest BCUT2D eigenvalue weighted by Gasteiger charge is -1.95. The highest BCUT2D eigenvalue weighted by Gasteiger charge is 2.09. The summed E-state index contributed by atoms with van der Waals surface area (Å²) in [6.07, 6.45) is 0.944. The molecule has 1 aromatic heterocycles. The number of rotatable bonds is 1. The lowest BCUT2D eigenvalue weighted by molar-refractivity contribution is 0.766. The Morgan fingerprint density at radius 1 is 1.50 bits per heavy atom. The maximum absolute atomic E-state index is 8.96. The molecule has 0 N–H and O–H groups in total. The summed E-state index contributed by atoms with van der Waals surface area (Å²) in [6.45, 7) is 2.09. The lowest BCUT2D eigenvalue weighted by Crippen LogP contribution is -1.92. The van der Waals surface area contributed by atoms with E-state index in [2.05, 4.69) is 24.2 Å². The molecule has 0 aliphatic heterocycles. The van der Waals surface area contributed by atoms with Gasteiger partial charge in [-0.25, -0.2) is 0 Å². The number of aryl methyl sites for hydroxylation is 2. The van der Waals surface area contributed by atoms with E-state index in [1.54, 1.807) is 11.7 Å². The maximum atomic E-state index is 8.96. The first-order valence-electron chi connectivity index (χ1n) is 4.62. The van der Waals surface area contributed by atoms with E-state index in [0.29, 0.717) is 5.69 Å². The molecule has 0 aliphatic rings. The molecule has 0 spiro atoms. The van der Waals surface area contributed by atoms with Crippen LogP contribution in [-0.2, 0) is 13.5 Å². The first-order chi connectivity index (χ1) is 6.77. The Morgan fingerprint density at radius 2 is 2.29 bits per heavy atom. The van der Waals surface area contributed by atoms with E-state index in [1.807, 2.05) is 12.1 Å². The van der Waals surface area contributed by atoms with Crippen LogP contribution in [0.15, 0.2) is 18.2 Å². The largest absolute Gasteiger partial charge is 0.257 e. The van der Waals surface area contributed by atoms with Crippen LogP contribution in [0, 0.1) is 11.3 Å². The summed E-state index contributed by atoms with van der Waals surface area (Å²) in [5.74, 6) is 0. The van der Waals surface area contributed by atoms with Crippen molar-refractivity contribution >= 4 is 10.9 Å². The van der Waals surface area contributed by atoms with E-state index in [9.17, 15) is 0 Å². The molecule has 70 valence electrons. The standard InChI is InChI=1S/C11H11N3/c1-3-8-5-4-6-9-10(7-12)14(2)13-11(8)9/h4-6H,3H2,1-2H3. The van der Waals surface area contributed by atoms with Gasteiger partial charge in [0.25, 0.3) is 0 Å². The first kappa shape index (κ1) is 8.76. The zero-order valence-electron chi connectivity index (χ0n) is 8.28. The van der Waals surface area contributed by atoms with Gasteiger partial charge in [0.1, 0.15) is 11.8 Å². The normalized spacial score (nSPS) is 10.4. The molecule has 0 bridgehead atoms. The lowest BCUT2D eigenvalue weighted by atomic mass is 10.1. The third-order valence-corrected chi connectivity index (χ3v) is 2.44. The van der Waals surface area contributed by atoms with Crippen LogP contribution in [-0.4, -0.2) is 9.78 Å². The number of hydrogen-bond acceptors (Lipinski definition) is 2. The minimum Gasteiger partial charge on any atom is -0.257 e. The third-order valence-electron chi connectivity index (χ3n) is 2.44. The SMILES string of the molecule is CCc1cccc2c(C#N)n(C)nc12. The van der Waals surface area contributed by atoms with Gasteiger partial charge in [0.15, 0.2) is 0 Å². The molecule has 1 aromatic carbocycles. The molecule has 3 nitrogen and oxygen atoms in total. The van der Waals surface area contributed by atoms with Crippen molar-refractivity contribution in [3.8, 4) is 6.07 Å². The number of nitriles is 1. The van der Waals surface area contributed by atoms with Crippen molar-refractivity contribution < 1.29 is 0 Å². The molecule has 1 heterocycles. The van der Waals surface area contributed by atoms with Crippen molar-refractivity contribution in [2.24, 2.45) is 7.05 Å². The van der Waals surface area contributed by atoms with Crippen molar-refractivity contribution in [2.45, 2.75) is 13.3 Å². The number of aromatic nitrogens is 2. The van der Waals surface area contributed by atoms with Crippen LogP contribution in [0.3, 0.4) is 0 Å². The molecule has 0 saturated heterocycles. The van der Waals surface area contributed by atoms with Gasteiger partial charge in [-0.1, -0.05) is 19.1 Å². The second-order valence-corrected chi connectivity index (χ2v) is 3.25. The molecule has 14 heavy (non-hydrogen) atoms. The number of hydrogen-bond donors (Lipinski definition) is 0. The van der Waals surface area contributed by atoms with Crippen molar-refractivity contribution in [2.75, 3.05) is 0 Å². The van der Waals surface area contributed by atoms with Gasteiger partial charge in [0, 0.05) is 12.4 Å². The summed E-state index contributed by atoms with van der Waals surface area (Å²) in [6, 6.07) is 8.14. The molecule has 2 rings (SSSR count). The quantitative estimate of drug-likeness (QED) is 0.682. The predicted molar refractivity (Wildman–Crippen MR) is 54.8 cm³/mol. The van der Waals surface area contributed by atoms with Crippen LogP contribution in [0.25, 0.3) is 10.9 Å². The number of benzene rings is 1. The summed E-state index contributed by atoms with van der Waals surface area (Å²) in [7, 11) is 1.80. The molecule has 0 saturated carbocycles. The summed E-state index contributed by atoms with van der Waals surface area (Å²) in [4.78, 5) is 0. The Labute approximate surface area is 82.6 Å². The van der Waals surface area contributed by atoms with Crippen LogP contribution >= 0.6 is 0 Å². The smallest absolute Gasteiger partial charge is 0.146 e. The highest BCUT2D eigenvalue weighted by molar-refractivity contribution is 5.86. The van der Waals surface area contributed by atoms with Gasteiger partial charge in [-0.3, -0.25) is 4.68 Å². The molecular formula is C11H11N3. The highest BCUT2D eigenvalue weighted by atomic mass is 15.3. The number of nitrogens with zero attached hydrogens (tertiary/aromatic N) is 3. The van der Waals surface area contributed by atoms with Gasteiger partial charge in [-0.2, -0.15) is 10.4 Å². The second-order valence-electron chi connectivity index (χ2n) is 3.25. The van der Waals surface area contributed by atoms with Crippen LogP contribution in [0.2, 0.25) is 0 Å². The maximum Gasteiger partial charge on any atom is 0.146 e. The van der Waals surface area contributed by atoms with E-state index in [-0.39, 0.29) is 0 Å². The van der Waals surface area contributed by atoms with Crippen LogP contribution < -0.4 is 0 Å². The average Bonchev–Trinajstić information content (AvgIpc) is 2.52. The molecule has 2 aromatic rings. The topological polar surface area (TPSA) is 41.6 Å². The summed E-state index contributed by atoms with van der Waals surface area (Å²) >= 11 is 0. The molecule has 0 atom stereocenters. The van der Waals surface area contributed by atoms with E-state index in [1.165, 1.54) is 5.56 Å². The monoisotopic (exact) mass is 185 g/mol. The zero-order chi connectivity index (χ0) is 10.1. The Kier molecular flexibility index (Phi) is 1.97. The Morgan fingerprint density at radius 3 is 2.93 bits per heavy atom. The van der Waals surface area contributed by atoms with Crippen LogP contribution in [0.4, 0.5) is 0 Å². The minimum absolute atomic E-state index is 0.635. The van der Waals surface area contributed by atoms with Gasteiger partial charge in [0.2, 0.25) is 0 Å². The van der Waals surface area contributed by atoms with Gasteiger partial charge >= 0.3 is 0 Å². The molecular weight excluding hydrogens is 174 g/mol. The minimum atomic E-state index is 0.635. The molecule has 0 unspecified atom stereocenters. The highest BCUT2D eigenvalue weighted by Crippen LogP contribution is 2.20. The molecule has 0 aliphatic carbocycles. The van der Waals surface area contributed by atoms with E-state index >= 15 is 0 Å². The summed E-state index contributed by atoms with van der Waals surface area (Å²) in [5, 5.41) is 14.3. The Hall–Kier alpha value is -1.82. The van der Waals surface area contributed by atoms with Crippen LogP contribution in [0.1, 0.15) is 18.2 Å². The molecule has 3 heteroatoms. The van der Waals surface area contributed by atoms with Crippen LogP contribution in [0.5, 0.6) is 0 Å². The van der Waals surface area contributed by atoms with Gasteiger partial charge in [-0.15, -0.1) is 0 Å². The van der Waals surface area contributed by atoms with Crippen molar-refractivity contribution in [1.29, 1.82) is 5.26 Å². The first-order valence-corrected chi connectivity index (χ1v) is 4.62. The van der Waals surface area contributed by atoms with Crippen molar-refractivity contribution in [3.05, 3.63) is 29.5 Å². The summed E-state index contributed by atoms with van der Waals surface area (Å²) in [5.41, 5.74) is 2.78. The van der Waals surface area contributed by atoms with E-state index in [0.717, 1.165) is 17.3 Å². The zero-order valence-corrected chi connectivity index (χ0v) is 8.28. The molecule has 0 amide bonds. The fraction of sp³-hybridized carbons (Fsp3) is 0.273. The average molecular weight is 185 g/mol. The summed E-state index contributed by atoms with van der Waals surface area (Å²) < 4.78 is 1.64. The molecule has 0 radical (unpaired) electrons. The fourth-order valence-corrected chi connectivity index (χ4v) is 1.69. The van der Waals surface area contributed by atoms with Gasteiger partial charge < -0.3 is 0 Å². The van der Waals surface area contributed by atoms with E-state index in [4.69, 9.17) is 5.26 Å². The van der Waals surface area contributed by atoms with Gasteiger partial charge in [0.05, 0.1) is 5.52 Å². The van der Waals surface area contributed by atoms with Crippen molar-refractivity contribution in [1.82, 2.24) is 9.78 Å². The predicted octanol–water partition coefficient (Wildman–Crippen LogP) is 2.01. The van der Waals surface area contributed by atoms with Gasteiger partial charge in [-0.05, 0) is 18.1 Å². The Bertz CT molecular complexity index is 517. The second kappa shape index (κ2) is 3.15.